The van der Waals surface area contributed by atoms with Crippen molar-refractivity contribution in [2.75, 3.05) is 0 Å². The third-order valence-corrected chi connectivity index (χ3v) is 9.95. The largest absolute Gasteiger partial charge is 0.304 e. The SMILES string of the molecule is [2H]C1=C([2H])C(NC2C=CC(c3cc4ccccc4c4ccccc34)=CC2)C([2H])C2=C1c1ccccc1C2(c1ccccc1)c1ccccc1. The minimum absolute atomic E-state index is 0.0738. The number of fused-ring (bicyclic) bond motifs is 5. The first-order valence-corrected chi connectivity index (χ1v) is 16.2. The highest BCUT2D eigenvalue weighted by molar-refractivity contribution is 6.12. The van der Waals surface area contributed by atoms with Gasteiger partial charge in [-0.2, -0.15) is 0 Å². The number of nitrogens with one attached hydrogen (secondary N) is 1. The van der Waals surface area contributed by atoms with Crippen LogP contribution in [0, 0.1) is 0 Å². The van der Waals surface area contributed by atoms with Crippen molar-refractivity contribution < 1.29 is 4.11 Å². The second kappa shape index (κ2) is 11.0. The maximum Gasteiger partial charge on any atom is 0.0677 e. The predicted molar refractivity (Wildman–Crippen MR) is 194 cm³/mol. The lowest BCUT2D eigenvalue weighted by atomic mass is 9.65. The molecular weight excluding hydrogens is 555 g/mol. The van der Waals surface area contributed by atoms with Gasteiger partial charge in [-0.3, -0.25) is 0 Å². The first-order chi connectivity index (χ1) is 24.1. The first kappa shape index (κ1) is 24.1. The van der Waals surface area contributed by atoms with E-state index in [0.717, 1.165) is 39.8 Å². The van der Waals surface area contributed by atoms with Gasteiger partial charge in [0.15, 0.2) is 0 Å². The van der Waals surface area contributed by atoms with E-state index in [0.29, 0.717) is 0 Å². The third kappa shape index (κ3) is 4.20. The van der Waals surface area contributed by atoms with Crippen molar-refractivity contribution in [1.82, 2.24) is 5.32 Å². The zero-order valence-electron chi connectivity index (χ0n) is 28.5. The molecule has 3 unspecified atom stereocenters. The molecule has 0 bridgehead atoms. The molecule has 3 aliphatic rings. The Bertz CT molecular complexity index is 2350. The summed E-state index contributed by atoms with van der Waals surface area (Å²) in [5.74, 6) is 0. The smallest absolute Gasteiger partial charge is 0.0677 e. The molecule has 0 amide bonds. The van der Waals surface area contributed by atoms with Gasteiger partial charge in [-0.05, 0) is 85.0 Å². The molecular formula is C45H35N. The van der Waals surface area contributed by atoms with E-state index in [1.807, 2.05) is 18.2 Å². The van der Waals surface area contributed by atoms with Crippen LogP contribution < -0.4 is 5.32 Å². The van der Waals surface area contributed by atoms with Crippen LogP contribution in [-0.2, 0) is 5.41 Å². The molecule has 1 heteroatoms. The third-order valence-electron chi connectivity index (χ3n) is 9.95. The molecule has 0 heterocycles. The Labute approximate surface area is 275 Å². The van der Waals surface area contributed by atoms with E-state index in [2.05, 4.69) is 145 Å². The normalized spacial score (nSPS) is 22.7. The van der Waals surface area contributed by atoms with Gasteiger partial charge in [0, 0.05) is 13.5 Å². The van der Waals surface area contributed by atoms with Gasteiger partial charge in [-0.1, -0.05) is 164 Å². The average molecular weight is 593 g/mol. The molecule has 0 aromatic heterocycles. The molecule has 9 rings (SSSR count). The second-order valence-corrected chi connectivity index (χ2v) is 12.4. The lowest BCUT2D eigenvalue weighted by Crippen LogP contribution is -2.40. The molecule has 220 valence electrons. The fourth-order valence-electron chi connectivity index (χ4n) is 7.93. The Balaban J connectivity index is 1.10. The highest BCUT2D eigenvalue weighted by Gasteiger charge is 2.48. The van der Waals surface area contributed by atoms with Gasteiger partial charge in [0.05, 0.1) is 8.16 Å². The summed E-state index contributed by atoms with van der Waals surface area (Å²) in [6.45, 7) is 0. The Kier molecular flexibility index (Phi) is 5.74. The summed E-state index contributed by atoms with van der Waals surface area (Å²) in [6, 6.07) is 48.2. The summed E-state index contributed by atoms with van der Waals surface area (Å²) in [5, 5.41) is 8.65. The molecule has 0 aliphatic heterocycles. The van der Waals surface area contributed by atoms with Crippen molar-refractivity contribution in [2.24, 2.45) is 0 Å². The summed E-state index contributed by atoms with van der Waals surface area (Å²) in [7, 11) is 0. The van der Waals surface area contributed by atoms with Crippen LogP contribution in [0.25, 0.3) is 32.7 Å². The second-order valence-electron chi connectivity index (χ2n) is 12.4. The molecule has 6 aromatic carbocycles. The van der Waals surface area contributed by atoms with Crippen LogP contribution in [0.15, 0.2) is 175 Å². The first-order valence-electron chi connectivity index (χ1n) is 17.8. The topological polar surface area (TPSA) is 12.0 Å². The Morgan fingerprint density at radius 1 is 0.652 bits per heavy atom. The van der Waals surface area contributed by atoms with E-state index in [4.69, 9.17) is 0 Å². The number of allylic oxidation sites excluding steroid dienone is 4. The van der Waals surface area contributed by atoms with Crippen LogP contribution in [0.1, 0.15) is 44.7 Å². The molecule has 3 atom stereocenters. The molecule has 1 nitrogen and oxygen atoms in total. The molecule has 1 N–H and O–H groups in total. The molecule has 0 spiro atoms. The molecule has 0 radical (unpaired) electrons. The number of benzene rings is 6. The van der Waals surface area contributed by atoms with Gasteiger partial charge in [0.2, 0.25) is 0 Å². The van der Waals surface area contributed by atoms with Crippen LogP contribution >= 0.6 is 0 Å². The van der Waals surface area contributed by atoms with Crippen LogP contribution in [0.3, 0.4) is 0 Å². The monoisotopic (exact) mass is 592 g/mol. The fraction of sp³-hybridized carbons (Fsp3) is 0.111. The van der Waals surface area contributed by atoms with Crippen molar-refractivity contribution >= 4 is 32.7 Å². The standard InChI is InChI=1S/C45H35N/c1-3-14-33(15-4-1)45(34-16-5-2-6-17-34)43-22-12-11-21-40(43)41-28-27-36(30-44(41)45)46-35-25-23-31(24-26-35)42-29-32-13-7-8-18-37(32)38-19-9-10-20-39(38)42/h1-25,27-29,35-36,46H,26,30H2/i27D,28D,30D. The van der Waals surface area contributed by atoms with Crippen LogP contribution in [-0.4, -0.2) is 12.1 Å². The van der Waals surface area contributed by atoms with E-state index in [1.165, 1.54) is 32.7 Å². The minimum Gasteiger partial charge on any atom is -0.304 e. The Morgan fingerprint density at radius 2 is 1.30 bits per heavy atom. The zero-order chi connectivity index (χ0) is 33.1. The maximum atomic E-state index is 9.97. The minimum atomic E-state index is -0.785. The lowest BCUT2D eigenvalue weighted by molar-refractivity contribution is 0.508. The summed E-state index contributed by atoms with van der Waals surface area (Å²) in [5.41, 5.74) is 7.41. The van der Waals surface area contributed by atoms with Crippen molar-refractivity contribution in [1.29, 1.82) is 0 Å². The van der Waals surface area contributed by atoms with E-state index in [9.17, 15) is 4.11 Å². The molecule has 6 aromatic rings. The van der Waals surface area contributed by atoms with Gasteiger partial charge in [0.25, 0.3) is 0 Å². The molecule has 0 saturated carbocycles. The highest BCUT2D eigenvalue weighted by atomic mass is 14.9. The highest BCUT2D eigenvalue weighted by Crippen LogP contribution is 2.57. The summed E-state index contributed by atoms with van der Waals surface area (Å²) in [6.07, 6.45) is 6.58. The number of rotatable bonds is 5. The van der Waals surface area contributed by atoms with E-state index in [1.54, 1.807) is 0 Å². The van der Waals surface area contributed by atoms with E-state index < -0.39 is 17.9 Å². The van der Waals surface area contributed by atoms with Gasteiger partial charge >= 0.3 is 0 Å². The Morgan fingerprint density at radius 3 is 2.04 bits per heavy atom. The quantitative estimate of drug-likeness (QED) is 0.196. The maximum absolute atomic E-state index is 9.97. The van der Waals surface area contributed by atoms with Gasteiger partial charge in [-0.15, -0.1) is 0 Å². The van der Waals surface area contributed by atoms with E-state index >= 15 is 0 Å². The molecule has 3 aliphatic carbocycles. The Hall–Kier alpha value is -5.24. The summed E-state index contributed by atoms with van der Waals surface area (Å²) >= 11 is 0. The van der Waals surface area contributed by atoms with Crippen LogP contribution in [0.4, 0.5) is 0 Å². The molecule has 0 fully saturated rings. The number of hydrogen-bond acceptors (Lipinski definition) is 1. The van der Waals surface area contributed by atoms with E-state index in [-0.39, 0.29) is 18.1 Å². The van der Waals surface area contributed by atoms with Gasteiger partial charge in [0.1, 0.15) is 0 Å². The summed E-state index contributed by atoms with van der Waals surface area (Å²) < 4.78 is 28.7. The van der Waals surface area contributed by atoms with Crippen molar-refractivity contribution in [3.63, 3.8) is 0 Å². The van der Waals surface area contributed by atoms with Crippen LogP contribution in [0.5, 0.6) is 0 Å². The lowest BCUT2D eigenvalue weighted by Gasteiger charge is -2.38. The van der Waals surface area contributed by atoms with Crippen molar-refractivity contribution in [3.8, 4) is 0 Å². The van der Waals surface area contributed by atoms with Crippen LogP contribution in [0.2, 0.25) is 0 Å². The summed E-state index contributed by atoms with van der Waals surface area (Å²) in [4.78, 5) is 0. The predicted octanol–water partition coefficient (Wildman–Crippen LogP) is 10.4. The fourth-order valence-corrected chi connectivity index (χ4v) is 7.93. The van der Waals surface area contributed by atoms with Crippen molar-refractivity contribution in [2.45, 2.75) is 30.3 Å². The van der Waals surface area contributed by atoms with Gasteiger partial charge < -0.3 is 5.32 Å². The molecule has 0 saturated heterocycles. The van der Waals surface area contributed by atoms with Crippen molar-refractivity contribution in [3.05, 3.63) is 203 Å². The van der Waals surface area contributed by atoms with Gasteiger partial charge in [-0.25, -0.2) is 0 Å². The average Bonchev–Trinajstić information content (AvgIpc) is 3.48. The number of hydrogen-bond donors (Lipinski definition) is 1. The zero-order valence-corrected chi connectivity index (χ0v) is 25.5. The molecule has 46 heavy (non-hydrogen) atoms.